The van der Waals surface area contributed by atoms with Crippen LogP contribution in [0.3, 0.4) is 0 Å². The number of rotatable bonds is 11. The lowest BCUT2D eigenvalue weighted by molar-refractivity contribution is 0.113. The van der Waals surface area contributed by atoms with E-state index < -0.39 is 0 Å². The average molecular weight is 274 g/mol. The van der Waals surface area contributed by atoms with Crippen LogP contribution in [0.4, 0.5) is 0 Å². The molecule has 1 fully saturated rings. The molecule has 1 rings (SSSR count). The molecule has 4 heteroatoms. The zero-order valence-corrected chi connectivity index (χ0v) is 13.9. The smallest absolute Gasteiger partial charge is 0.162 e. The SMILES string of the molecule is CC(C)CC(O[SiH2]CCCOCC1CO1)C(C)C. The summed E-state index contributed by atoms with van der Waals surface area (Å²) in [5.74, 6) is 1.37. The van der Waals surface area contributed by atoms with E-state index in [-0.39, 0.29) is 9.76 Å². The van der Waals surface area contributed by atoms with E-state index >= 15 is 0 Å². The van der Waals surface area contributed by atoms with Crippen LogP contribution in [0.2, 0.25) is 6.04 Å². The van der Waals surface area contributed by atoms with Crippen molar-refractivity contribution in [2.24, 2.45) is 11.8 Å². The highest BCUT2D eigenvalue weighted by Gasteiger charge is 2.22. The molecule has 0 bridgehead atoms. The molecule has 18 heavy (non-hydrogen) atoms. The van der Waals surface area contributed by atoms with Crippen LogP contribution in [0.1, 0.15) is 40.5 Å². The molecule has 2 unspecified atom stereocenters. The predicted molar refractivity (Wildman–Crippen MR) is 77.7 cm³/mol. The molecule has 0 N–H and O–H groups in total. The summed E-state index contributed by atoms with van der Waals surface area (Å²) in [6, 6.07) is 1.23. The molecule has 0 aromatic heterocycles. The summed E-state index contributed by atoms with van der Waals surface area (Å²) in [6.45, 7) is 11.6. The van der Waals surface area contributed by atoms with Gasteiger partial charge in [0.05, 0.1) is 13.2 Å². The molecule has 0 amide bonds. The molecule has 2 atom stereocenters. The van der Waals surface area contributed by atoms with Crippen molar-refractivity contribution in [1.29, 1.82) is 0 Å². The van der Waals surface area contributed by atoms with E-state index in [0.717, 1.165) is 32.2 Å². The van der Waals surface area contributed by atoms with Gasteiger partial charge >= 0.3 is 0 Å². The Labute approximate surface area is 115 Å². The van der Waals surface area contributed by atoms with E-state index in [1.165, 1.54) is 12.5 Å². The fraction of sp³-hybridized carbons (Fsp3) is 1.00. The molecule has 0 spiro atoms. The van der Waals surface area contributed by atoms with Gasteiger partial charge in [-0.05, 0) is 30.7 Å². The molecule has 1 saturated heterocycles. The third-order valence-electron chi connectivity index (χ3n) is 3.17. The minimum atomic E-state index is -0.365. The number of ether oxygens (including phenoxy) is 2. The molecular formula is C14H30O3Si. The fourth-order valence-corrected chi connectivity index (χ4v) is 3.32. The number of epoxide rings is 1. The molecule has 0 aromatic rings. The van der Waals surface area contributed by atoms with Gasteiger partial charge in [-0.3, -0.25) is 0 Å². The average Bonchev–Trinajstić information content (AvgIpc) is 3.09. The van der Waals surface area contributed by atoms with Crippen molar-refractivity contribution in [3.8, 4) is 0 Å². The van der Waals surface area contributed by atoms with Gasteiger partial charge < -0.3 is 13.9 Å². The van der Waals surface area contributed by atoms with Gasteiger partial charge in [-0.1, -0.05) is 27.7 Å². The normalized spacial score (nSPS) is 21.3. The first-order valence-corrected chi connectivity index (χ1v) is 8.98. The lowest BCUT2D eigenvalue weighted by Gasteiger charge is -2.23. The van der Waals surface area contributed by atoms with Crippen LogP contribution in [-0.2, 0) is 13.9 Å². The first kappa shape index (κ1) is 16.2. The highest BCUT2D eigenvalue weighted by molar-refractivity contribution is 6.27. The van der Waals surface area contributed by atoms with Crippen LogP contribution >= 0.6 is 0 Å². The second-order valence-corrected chi connectivity index (χ2v) is 7.47. The Morgan fingerprint density at radius 2 is 2.00 bits per heavy atom. The Kier molecular flexibility index (Phi) is 8.14. The second-order valence-electron chi connectivity index (χ2n) is 6.02. The van der Waals surface area contributed by atoms with Gasteiger partial charge in [0.2, 0.25) is 0 Å². The van der Waals surface area contributed by atoms with Gasteiger partial charge in [0.25, 0.3) is 0 Å². The highest BCUT2D eigenvalue weighted by Crippen LogP contribution is 2.16. The molecule has 108 valence electrons. The van der Waals surface area contributed by atoms with Crippen molar-refractivity contribution < 1.29 is 13.9 Å². The number of hydrogen-bond acceptors (Lipinski definition) is 3. The first-order valence-electron chi connectivity index (χ1n) is 7.40. The Balaban J connectivity index is 1.92. The minimum Gasteiger partial charge on any atom is -0.421 e. The molecule has 1 aliphatic heterocycles. The summed E-state index contributed by atoms with van der Waals surface area (Å²) in [4.78, 5) is 0. The summed E-state index contributed by atoms with van der Waals surface area (Å²) in [5.41, 5.74) is 0. The van der Waals surface area contributed by atoms with Gasteiger partial charge in [-0.2, -0.15) is 0 Å². The first-order chi connectivity index (χ1) is 8.59. The Hall–Kier alpha value is 0.0969. The standard InChI is InChI=1S/C14H30O3Si/c1-11(2)8-14(12(3)4)17-18-7-5-6-15-9-13-10-16-13/h11-14H,5-10,18H2,1-4H3. The Morgan fingerprint density at radius 3 is 2.56 bits per heavy atom. The molecular weight excluding hydrogens is 244 g/mol. The quantitative estimate of drug-likeness (QED) is 0.329. The van der Waals surface area contributed by atoms with Crippen LogP contribution in [-0.4, -0.2) is 41.8 Å². The summed E-state index contributed by atoms with van der Waals surface area (Å²) in [5, 5.41) is 0. The van der Waals surface area contributed by atoms with E-state index in [4.69, 9.17) is 13.9 Å². The van der Waals surface area contributed by atoms with Crippen molar-refractivity contribution in [2.75, 3.05) is 19.8 Å². The van der Waals surface area contributed by atoms with Crippen LogP contribution in [0.5, 0.6) is 0 Å². The Bertz CT molecular complexity index is 205. The summed E-state index contributed by atoms with van der Waals surface area (Å²) >= 11 is 0. The third kappa shape index (κ3) is 8.24. The second kappa shape index (κ2) is 9.07. The van der Waals surface area contributed by atoms with E-state index in [9.17, 15) is 0 Å². The Morgan fingerprint density at radius 1 is 1.28 bits per heavy atom. The highest BCUT2D eigenvalue weighted by atomic mass is 28.2. The summed E-state index contributed by atoms with van der Waals surface area (Å²) < 4.78 is 16.7. The van der Waals surface area contributed by atoms with E-state index in [1.807, 2.05) is 0 Å². The topological polar surface area (TPSA) is 31.0 Å². The van der Waals surface area contributed by atoms with Gasteiger partial charge in [-0.15, -0.1) is 0 Å². The largest absolute Gasteiger partial charge is 0.421 e. The fourth-order valence-electron chi connectivity index (χ4n) is 1.92. The summed E-state index contributed by atoms with van der Waals surface area (Å²) in [6.07, 6.45) is 3.21. The zero-order valence-electron chi connectivity index (χ0n) is 12.5. The van der Waals surface area contributed by atoms with Crippen LogP contribution in [0.25, 0.3) is 0 Å². The van der Waals surface area contributed by atoms with Gasteiger partial charge in [-0.25, -0.2) is 0 Å². The van der Waals surface area contributed by atoms with E-state index in [2.05, 4.69) is 27.7 Å². The molecule has 0 radical (unpaired) electrons. The maximum Gasteiger partial charge on any atom is 0.162 e. The van der Waals surface area contributed by atoms with Crippen LogP contribution < -0.4 is 0 Å². The molecule has 0 saturated carbocycles. The van der Waals surface area contributed by atoms with Gasteiger partial charge in [0, 0.05) is 12.7 Å². The van der Waals surface area contributed by atoms with Gasteiger partial charge in [0.1, 0.15) is 6.10 Å². The van der Waals surface area contributed by atoms with Crippen LogP contribution in [0, 0.1) is 11.8 Å². The van der Waals surface area contributed by atoms with Crippen molar-refractivity contribution in [2.45, 2.75) is 58.8 Å². The van der Waals surface area contributed by atoms with Crippen LogP contribution in [0.15, 0.2) is 0 Å². The van der Waals surface area contributed by atoms with Crippen molar-refractivity contribution in [3.05, 3.63) is 0 Å². The number of hydrogen-bond donors (Lipinski definition) is 0. The lowest BCUT2D eigenvalue weighted by Crippen LogP contribution is -2.23. The molecule has 1 aliphatic rings. The zero-order chi connectivity index (χ0) is 13.4. The maximum atomic E-state index is 6.11. The minimum absolute atomic E-state index is 0.365. The van der Waals surface area contributed by atoms with Gasteiger partial charge in [0.15, 0.2) is 9.76 Å². The third-order valence-corrected chi connectivity index (χ3v) is 4.62. The monoisotopic (exact) mass is 274 g/mol. The molecule has 1 heterocycles. The molecule has 3 nitrogen and oxygen atoms in total. The molecule has 0 aromatic carbocycles. The summed E-state index contributed by atoms with van der Waals surface area (Å²) in [7, 11) is -0.365. The lowest BCUT2D eigenvalue weighted by atomic mass is 9.98. The maximum absolute atomic E-state index is 6.11. The van der Waals surface area contributed by atoms with Crippen molar-refractivity contribution in [1.82, 2.24) is 0 Å². The predicted octanol–water partition coefficient (Wildman–Crippen LogP) is 2.38. The van der Waals surface area contributed by atoms with Crippen molar-refractivity contribution >= 4 is 9.76 Å². The van der Waals surface area contributed by atoms with E-state index in [1.54, 1.807) is 0 Å². The molecule has 0 aliphatic carbocycles. The van der Waals surface area contributed by atoms with Crippen molar-refractivity contribution in [3.63, 3.8) is 0 Å². The van der Waals surface area contributed by atoms with E-state index in [0.29, 0.717) is 18.1 Å².